The van der Waals surface area contributed by atoms with E-state index >= 15 is 0 Å². The van der Waals surface area contributed by atoms with Gasteiger partial charge in [0, 0.05) is 18.5 Å². The lowest BCUT2D eigenvalue weighted by Crippen LogP contribution is -2.27. The predicted octanol–water partition coefficient (Wildman–Crippen LogP) is 4.27. The predicted molar refractivity (Wildman–Crippen MR) is 147 cm³/mol. The van der Waals surface area contributed by atoms with E-state index in [-0.39, 0.29) is 11.4 Å². The molecule has 11 heteroatoms. The lowest BCUT2D eigenvalue weighted by Gasteiger charge is -2.19. The molecule has 40 heavy (non-hydrogen) atoms. The molecule has 0 bridgehead atoms. The van der Waals surface area contributed by atoms with E-state index in [2.05, 4.69) is 25.6 Å². The largest absolute Gasteiger partial charge is 0.427 e. The number of tetrazole rings is 1. The molecule has 0 amide bonds. The molecule has 4 aromatic rings. The van der Waals surface area contributed by atoms with Gasteiger partial charge in [-0.15, -0.1) is 5.10 Å². The van der Waals surface area contributed by atoms with Gasteiger partial charge in [-0.1, -0.05) is 55.5 Å². The van der Waals surface area contributed by atoms with Crippen molar-refractivity contribution in [2.75, 3.05) is 6.79 Å². The number of nitrogens with one attached hydrogen (secondary N) is 1. The summed E-state index contributed by atoms with van der Waals surface area (Å²) < 4.78 is 12.2. The number of aliphatic hydroxyl groups is 1. The Bertz CT molecular complexity index is 1480. The Kier molecular flexibility index (Phi) is 8.15. The van der Waals surface area contributed by atoms with Crippen LogP contribution in [0.4, 0.5) is 0 Å². The zero-order chi connectivity index (χ0) is 29.1. The van der Waals surface area contributed by atoms with Crippen LogP contribution in [0.15, 0.2) is 48.5 Å². The molecule has 0 radical (unpaired) electrons. The Morgan fingerprint density at radius 1 is 0.975 bits per heavy atom. The fraction of sp³-hybridized carbons (Fsp3) is 0.379. The smallest absolute Gasteiger partial charge is 0.359 e. The maximum atomic E-state index is 13.3. The molecule has 2 heterocycles. The van der Waals surface area contributed by atoms with Crippen LogP contribution < -0.4 is 0 Å². The highest BCUT2D eigenvalue weighted by atomic mass is 16.7. The monoisotopic (exact) mass is 546 g/mol. The van der Waals surface area contributed by atoms with Gasteiger partial charge in [0.1, 0.15) is 17.1 Å². The first-order valence-electron chi connectivity index (χ1n) is 13.0. The van der Waals surface area contributed by atoms with Gasteiger partial charge in [0.2, 0.25) is 6.79 Å². The molecule has 2 N–H and O–H groups in total. The van der Waals surface area contributed by atoms with Crippen molar-refractivity contribution in [1.82, 2.24) is 30.2 Å². The number of esters is 2. The molecule has 0 fully saturated rings. The Labute approximate surface area is 232 Å². The molecule has 0 atom stereocenters. The second-order valence-corrected chi connectivity index (χ2v) is 10.9. The van der Waals surface area contributed by atoms with Crippen molar-refractivity contribution in [3.05, 3.63) is 71.3 Å². The maximum absolute atomic E-state index is 13.3. The number of aromatic amines is 1. The number of hydrogen-bond donors (Lipinski definition) is 2. The standard InChI is InChI=1S/C29H34N6O5/c1-7-22-30-24(29(5,6)38)23(26(36)39-17-40-27(37)28(2,3)4)35(22)16-18-12-14-19(15-13-18)20-10-8-9-11-21(20)25-31-33-34-32-25/h8-15,38H,7,16-17H2,1-6H3,(H,31,32,33,34). The highest BCUT2D eigenvalue weighted by Crippen LogP contribution is 2.31. The molecule has 0 aliphatic rings. The molecule has 2 aromatic carbocycles. The molecule has 0 saturated carbocycles. The van der Waals surface area contributed by atoms with Crippen LogP contribution in [0.3, 0.4) is 0 Å². The van der Waals surface area contributed by atoms with E-state index < -0.39 is 29.7 Å². The number of H-pyrrole nitrogens is 1. The number of ether oxygens (including phenoxy) is 2. The van der Waals surface area contributed by atoms with E-state index in [1.54, 1.807) is 39.2 Å². The minimum absolute atomic E-state index is 0.114. The van der Waals surface area contributed by atoms with Crippen LogP contribution in [-0.4, -0.2) is 54.0 Å². The molecule has 11 nitrogen and oxygen atoms in total. The van der Waals surface area contributed by atoms with Gasteiger partial charge in [0.15, 0.2) is 11.5 Å². The molecule has 2 aromatic heterocycles. The third kappa shape index (κ3) is 6.26. The summed E-state index contributed by atoms with van der Waals surface area (Å²) in [5.74, 6) is -0.0478. The summed E-state index contributed by atoms with van der Waals surface area (Å²) in [6, 6.07) is 15.7. The summed E-state index contributed by atoms with van der Waals surface area (Å²) in [4.78, 5) is 30.0. The maximum Gasteiger partial charge on any atom is 0.359 e. The van der Waals surface area contributed by atoms with Crippen LogP contribution in [0, 0.1) is 5.41 Å². The van der Waals surface area contributed by atoms with E-state index in [9.17, 15) is 14.7 Å². The van der Waals surface area contributed by atoms with Crippen LogP contribution in [0.25, 0.3) is 22.5 Å². The normalized spacial score (nSPS) is 11.9. The van der Waals surface area contributed by atoms with E-state index in [0.717, 1.165) is 22.3 Å². The van der Waals surface area contributed by atoms with Crippen molar-refractivity contribution in [1.29, 1.82) is 0 Å². The molecule has 4 rings (SSSR count). The molecule has 0 aliphatic heterocycles. The molecule has 0 aliphatic carbocycles. The molecule has 210 valence electrons. The third-order valence-corrected chi connectivity index (χ3v) is 6.26. The van der Waals surface area contributed by atoms with E-state index in [1.165, 1.54) is 0 Å². The number of hydrogen-bond acceptors (Lipinski definition) is 9. The van der Waals surface area contributed by atoms with Crippen molar-refractivity contribution in [2.24, 2.45) is 5.41 Å². The fourth-order valence-corrected chi connectivity index (χ4v) is 4.18. The zero-order valence-electron chi connectivity index (χ0n) is 23.6. The number of carbonyl (C=O) groups is 2. The summed E-state index contributed by atoms with van der Waals surface area (Å²) in [6.45, 7) is 9.95. The topological polar surface area (TPSA) is 145 Å². The Morgan fingerprint density at radius 3 is 2.23 bits per heavy atom. The second-order valence-electron chi connectivity index (χ2n) is 10.9. The number of carbonyl (C=O) groups excluding carboxylic acids is 2. The minimum atomic E-state index is -1.41. The van der Waals surface area contributed by atoms with Crippen molar-refractivity contribution in [3.8, 4) is 22.5 Å². The van der Waals surface area contributed by atoms with Crippen LogP contribution in [0.2, 0.25) is 0 Å². The van der Waals surface area contributed by atoms with Crippen LogP contribution in [0.1, 0.15) is 69.1 Å². The molecule has 0 unspecified atom stereocenters. The van der Waals surface area contributed by atoms with Crippen molar-refractivity contribution in [3.63, 3.8) is 0 Å². The van der Waals surface area contributed by atoms with Gasteiger partial charge in [-0.05, 0) is 61.7 Å². The van der Waals surface area contributed by atoms with E-state index in [1.807, 2.05) is 55.5 Å². The average molecular weight is 547 g/mol. The Hall–Kier alpha value is -4.38. The van der Waals surface area contributed by atoms with Crippen molar-refractivity contribution >= 4 is 11.9 Å². The summed E-state index contributed by atoms with van der Waals surface area (Å²) >= 11 is 0. The summed E-state index contributed by atoms with van der Waals surface area (Å²) in [5, 5.41) is 25.0. The lowest BCUT2D eigenvalue weighted by atomic mass is 9.98. The summed E-state index contributed by atoms with van der Waals surface area (Å²) in [7, 11) is 0. The van der Waals surface area contributed by atoms with Crippen molar-refractivity contribution in [2.45, 2.75) is 60.1 Å². The SMILES string of the molecule is CCc1nc(C(C)(C)O)c(C(=O)OCOC(=O)C(C)(C)C)n1Cc1ccc(-c2ccccc2-c2nnn[nH]2)cc1. The first-order valence-corrected chi connectivity index (χ1v) is 13.0. The third-order valence-electron chi connectivity index (χ3n) is 6.26. The fourth-order valence-electron chi connectivity index (χ4n) is 4.18. The zero-order valence-corrected chi connectivity index (χ0v) is 23.6. The quantitative estimate of drug-likeness (QED) is 0.232. The molecule has 0 spiro atoms. The molecular formula is C29H34N6O5. The molecular weight excluding hydrogens is 512 g/mol. The number of benzene rings is 2. The number of nitrogens with zero attached hydrogens (tertiary/aromatic N) is 5. The van der Waals surface area contributed by atoms with Gasteiger partial charge in [-0.25, -0.2) is 14.9 Å². The Morgan fingerprint density at radius 2 is 1.65 bits per heavy atom. The van der Waals surface area contributed by atoms with Gasteiger partial charge in [-0.3, -0.25) is 4.79 Å². The number of rotatable bonds is 9. The van der Waals surface area contributed by atoms with Gasteiger partial charge in [0.25, 0.3) is 0 Å². The highest BCUT2D eigenvalue weighted by Gasteiger charge is 2.33. The average Bonchev–Trinajstić information content (AvgIpc) is 3.57. The van der Waals surface area contributed by atoms with Crippen LogP contribution in [0.5, 0.6) is 0 Å². The van der Waals surface area contributed by atoms with Gasteiger partial charge in [-0.2, -0.15) is 0 Å². The first kappa shape index (κ1) is 28.6. The minimum Gasteiger partial charge on any atom is -0.427 e. The van der Waals surface area contributed by atoms with Gasteiger partial charge < -0.3 is 19.1 Å². The highest BCUT2D eigenvalue weighted by molar-refractivity contribution is 5.89. The summed E-state index contributed by atoms with van der Waals surface area (Å²) in [5.41, 5.74) is 1.87. The van der Waals surface area contributed by atoms with Crippen LogP contribution >= 0.6 is 0 Å². The number of aromatic nitrogens is 6. The van der Waals surface area contributed by atoms with Crippen LogP contribution in [-0.2, 0) is 32.8 Å². The van der Waals surface area contributed by atoms with E-state index in [4.69, 9.17) is 9.47 Å². The van der Waals surface area contributed by atoms with Crippen molar-refractivity contribution < 1.29 is 24.2 Å². The van der Waals surface area contributed by atoms with Gasteiger partial charge in [0.05, 0.1) is 5.41 Å². The first-order chi connectivity index (χ1) is 18.9. The van der Waals surface area contributed by atoms with E-state index in [0.29, 0.717) is 24.6 Å². The van der Waals surface area contributed by atoms with Gasteiger partial charge >= 0.3 is 11.9 Å². The second kappa shape index (κ2) is 11.4. The Balaban J connectivity index is 1.63. The summed E-state index contributed by atoms with van der Waals surface area (Å²) in [6.07, 6.45) is 0.520. The lowest BCUT2D eigenvalue weighted by molar-refractivity contribution is -0.161. The molecule has 0 saturated heterocycles. The number of aryl methyl sites for hydroxylation is 1. The number of imidazole rings is 1.